The van der Waals surface area contributed by atoms with Crippen LogP contribution >= 0.6 is 0 Å². The van der Waals surface area contributed by atoms with Crippen LogP contribution in [0.3, 0.4) is 0 Å². The molecule has 0 aliphatic heterocycles. The second-order valence-electron chi connectivity index (χ2n) is 4.18. The molecule has 0 amide bonds. The van der Waals surface area contributed by atoms with Crippen molar-refractivity contribution in [2.75, 3.05) is 14.2 Å². The Morgan fingerprint density at radius 1 is 1.16 bits per heavy atom. The fourth-order valence-electron chi connectivity index (χ4n) is 2.01. The van der Waals surface area contributed by atoms with Gasteiger partial charge < -0.3 is 14.5 Å². The minimum absolute atomic E-state index is 0.349. The number of imidazole rings is 1. The van der Waals surface area contributed by atoms with Gasteiger partial charge in [0.25, 0.3) is 0 Å². The zero-order chi connectivity index (χ0) is 14.0. The molecule has 1 heterocycles. The van der Waals surface area contributed by atoms with Gasteiger partial charge in [0.05, 0.1) is 19.9 Å². The predicted molar refractivity (Wildman–Crippen MR) is 71.3 cm³/mol. The van der Waals surface area contributed by atoms with E-state index in [0.717, 1.165) is 16.9 Å². The fraction of sp³-hybridized carbons (Fsp3) is 0.286. The molecule has 1 aromatic heterocycles. The summed E-state index contributed by atoms with van der Waals surface area (Å²) < 4.78 is 10.7. The van der Waals surface area contributed by atoms with E-state index >= 15 is 0 Å². The molecule has 0 unspecified atom stereocenters. The zero-order valence-corrected chi connectivity index (χ0v) is 11.4. The fourth-order valence-corrected chi connectivity index (χ4v) is 2.01. The van der Waals surface area contributed by atoms with Crippen LogP contribution in [0.25, 0.3) is 11.3 Å². The quantitative estimate of drug-likeness (QED) is 0.917. The number of ether oxygens (including phenoxy) is 2. The van der Waals surface area contributed by atoms with E-state index in [4.69, 9.17) is 14.7 Å². The maximum atomic E-state index is 9.13. The van der Waals surface area contributed by atoms with Gasteiger partial charge in [-0.15, -0.1) is 0 Å². The van der Waals surface area contributed by atoms with Crippen molar-refractivity contribution in [1.82, 2.24) is 9.97 Å². The number of H-pyrrole nitrogens is 1. The monoisotopic (exact) mass is 257 g/mol. The van der Waals surface area contributed by atoms with Crippen LogP contribution in [-0.4, -0.2) is 24.2 Å². The summed E-state index contributed by atoms with van der Waals surface area (Å²) in [6.07, 6.45) is 0. The van der Waals surface area contributed by atoms with E-state index in [1.807, 2.05) is 26.0 Å². The van der Waals surface area contributed by atoms with Crippen LogP contribution in [0.5, 0.6) is 11.5 Å². The first kappa shape index (κ1) is 13.0. The summed E-state index contributed by atoms with van der Waals surface area (Å²) in [5, 5.41) is 9.13. The lowest BCUT2D eigenvalue weighted by Gasteiger charge is -2.12. The number of aromatic amines is 1. The van der Waals surface area contributed by atoms with Gasteiger partial charge >= 0.3 is 0 Å². The first-order valence-electron chi connectivity index (χ1n) is 5.80. The van der Waals surface area contributed by atoms with Crippen molar-refractivity contribution in [2.45, 2.75) is 13.8 Å². The third kappa shape index (κ3) is 2.25. The third-order valence-corrected chi connectivity index (χ3v) is 2.91. The molecular formula is C14H15N3O2. The van der Waals surface area contributed by atoms with Gasteiger partial charge in [0.2, 0.25) is 0 Å². The number of hydrogen-bond acceptors (Lipinski definition) is 4. The van der Waals surface area contributed by atoms with Gasteiger partial charge in [0.15, 0.2) is 5.69 Å². The van der Waals surface area contributed by atoms with E-state index in [9.17, 15) is 0 Å². The van der Waals surface area contributed by atoms with E-state index < -0.39 is 0 Å². The highest BCUT2D eigenvalue weighted by atomic mass is 16.5. The molecule has 0 fully saturated rings. The number of aromatic nitrogens is 2. The Bertz CT molecular complexity index is 653. The summed E-state index contributed by atoms with van der Waals surface area (Å²) >= 11 is 0. The average Bonchev–Trinajstić information content (AvgIpc) is 2.79. The summed E-state index contributed by atoms with van der Waals surface area (Å²) in [4.78, 5) is 7.23. The van der Waals surface area contributed by atoms with Crippen LogP contribution in [0.2, 0.25) is 0 Å². The second kappa shape index (κ2) is 5.02. The van der Waals surface area contributed by atoms with E-state index in [1.54, 1.807) is 14.2 Å². The lowest BCUT2D eigenvalue weighted by atomic mass is 10.1. The number of nitriles is 1. The smallest absolute Gasteiger partial charge is 0.166 e. The maximum Gasteiger partial charge on any atom is 0.166 e. The Labute approximate surface area is 111 Å². The summed E-state index contributed by atoms with van der Waals surface area (Å²) in [6.45, 7) is 3.75. The largest absolute Gasteiger partial charge is 0.496 e. The summed E-state index contributed by atoms with van der Waals surface area (Å²) in [7, 11) is 3.21. The van der Waals surface area contributed by atoms with Gasteiger partial charge in [-0.2, -0.15) is 5.26 Å². The summed E-state index contributed by atoms with van der Waals surface area (Å²) in [5.41, 5.74) is 2.73. The van der Waals surface area contributed by atoms with Crippen LogP contribution in [0.15, 0.2) is 12.1 Å². The Morgan fingerprint density at radius 2 is 1.84 bits per heavy atom. The van der Waals surface area contributed by atoms with Crippen LogP contribution in [-0.2, 0) is 0 Å². The van der Waals surface area contributed by atoms with Crippen LogP contribution in [0, 0.1) is 25.2 Å². The number of hydrogen-bond donors (Lipinski definition) is 1. The van der Waals surface area contributed by atoms with Crippen LogP contribution < -0.4 is 9.47 Å². The van der Waals surface area contributed by atoms with Gasteiger partial charge in [-0.25, -0.2) is 4.98 Å². The molecule has 1 N–H and O–H groups in total. The molecule has 2 aromatic rings. The van der Waals surface area contributed by atoms with E-state index in [0.29, 0.717) is 23.0 Å². The highest BCUT2D eigenvalue weighted by Gasteiger charge is 2.16. The molecule has 0 atom stereocenters. The number of aryl methyl sites for hydroxylation is 2. The molecule has 2 rings (SSSR count). The average molecular weight is 257 g/mol. The Balaban J connectivity index is 2.70. The van der Waals surface area contributed by atoms with Crippen molar-refractivity contribution >= 4 is 0 Å². The Kier molecular flexibility index (Phi) is 3.43. The molecule has 0 spiro atoms. The van der Waals surface area contributed by atoms with E-state index in [-0.39, 0.29) is 0 Å². The molecule has 0 aliphatic carbocycles. The van der Waals surface area contributed by atoms with Gasteiger partial charge in [0.1, 0.15) is 23.4 Å². The summed E-state index contributed by atoms with van der Waals surface area (Å²) in [5.74, 6) is 2.11. The van der Waals surface area contributed by atoms with Crippen molar-refractivity contribution in [3.8, 4) is 28.8 Å². The standard InChI is InChI=1S/C14H15N3O2/c1-8-5-13(19-4)10(6-12(8)18-3)14-11(7-15)16-9(2)17-14/h5-6H,1-4H3,(H,16,17). The first-order chi connectivity index (χ1) is 9.10. The molecule has 5 heteroatoms. The maximum absolute atomic E-state index is 9.13. The van der Waals surface area contributed by atoms with Crippen molar-refractivity contribution in [2.24, 2.45) is 0 Å². The molecule has 0 saturated heterocycles. The molecule has 5 nitrogen and oxygen atoms in total. The number of benzene rings is 1. The van der Waals surface area contributed by atoms with Gasteiger partial charge in [-0.05, 0) is 31.5 Å². The Morgan fingerprint density at radius 3 is 2.42 bits per heavy atom. The first-order valence-corrected chi connectivity index (χ1v) is 5.80. The second-order valence-corrected chi connectivity index (χ2v) is 4.18. The molecule has 0 bridgehead atoms. The lowest BCUT2D eigenvalue weighted by molar-refractivity contribution is 0.401. The van der Waals surface area contributed by atoms with Crippen LogP contribution in [0.1, 0.15) is 17.1 Å². The molecule has 0 radical (unpaired) electrons. The lowest BCUT2D eigenvalue weighted by Crippen LogP contribution is -1.94. The number of methoxy groups -OCH3 is 2. The van der Waals surface area contributed by atoms with Crippen molar-refractivity contribution < 1.29 is 9.47 Å². The third-order valence-electron chi connectivity index (χ3n) is 2.91. The van der Waals surface area contributed by atoms with Gasteiger partial charge in [0, 0.05) is 5.56 Å². The minimum atomic E-state index is 0.349. The topological polar surface area (TPSA) is 70.9 Å². The molecular weight excluding hydrogens is 242 g/mol. The minimum Gasteiger partial charge on any atom is -0.496 e. The number of rotatable bonds is 3. The molecule has 0 saturated carbocycles. The molecule has 0 aliphatic rings. The predicted octanol–water partition coefficient (Wildman–Crippen LogP) is 2.58. The summed E-state index contributed by atoms with van der Waals surface area (Å²) in [6, 6.07) is 5.81. The highest BCUT2D eigenvalue weighted by Crippen LogP contribution is 2.36. The number of nitrogens with one attached hydrogen (secondary N) is 1. The molecule has 19 heavy (non-hydrogen) atoms. The van der Waals surface area contributed by atoms with Gasteiger partial charge in [-0.3, -0.25) is 0 Å². The van der Waals surface area contributed by atoms with Gasteiger partial charge in [-0.1, -0.05) is 0 Å². The molecule has 98 valence electrons. The highest BCUT2D eigenvalue weighted by molar-refractivity contribution is 5.74. The normalized spacial score (nSPS) is 10.1. The Hall–Kier alpha value is -2.48. The van der Waals surface area contributed by atoms with E-state index in [1.165, 1.54) is 0 Å². The SMILES string of the molecule is COc1cc(-c2[nH]c(C)nc2C#N)c(OC)cc1C. The van der Waals surface area contributed by atoms with Crippen molar-refractivity contribution in [1.29, 1.82) is 5.26 Å². The number of nitrogens with zero attached hydrogens (tertiary/aromatic N) is 2. The van der Waals surface area contributed by atoms with Crippen molar-refractivity contribution in [3.63, 3.8) is 0 Å². The van der Waals surface area contributed by atoms with E-state index in [2.05, 4.69) is 16.0 Å². The van der Waals surface area contributed by atoms with Crippen LogP contribution in [0.4, 0.5) is 0 Å². The molecule has 1 aromatic carbocycles. The zero-order valence-electron chi connectivity index (χ0n) is 11.4. The van der Waals surface area contributed by atoms with Crippen molar-refractivity contribution in [3.05, 3.63) is 29.2 Å².